The topological polar surface area (TPSA) is 155 Å². The molecule has 194 valence electrons. The highest BCUT2D eigenvalue weighted by atomic mass is 32.2. The first-order valence-electron chi connectivity index (χ1n) is 10.7. The number of nitrogens with one attached hydrogen (secondary N) is 4. The molecular formula is C22H26FN5O7S. The van der Waals surface area contributed by atoms with E-state index in [2.05, 4.69) is 21.5 Å². The SMILES string of the molecule is CNC(=O)NNC(=O)[C@H]1CN(S(=O)(=O)c2ccc(F)cc2)c2cc(NC(=O)OC(C)(C)C)ccc2O1. The third kappa shape index (κ3) is 6.33. The van der Waals surface area contributed by atoms with Gasteiger partial charge in [-0.05, 0) is 63.2 Å². The Morgan fingerprint density at radius 2 is 1.75 bits per heavy atom. The number of hydrogen-bond acceptors (Lipinski definition) is 7. The number of nitrogens with zero attached hydrogens (tertiary/aromatic N) is 1. The number of ether oxygens (including phenoxy) is 2. The quantitative estimate of drug-likeness (QED) is 0.447. The number of amides is 4. The van der Waals surface area contributed by atoms with E-state index in [0.29, 0.717) is 0 Å². The van der Waals surface area contributed by atoms with Gasteiger partial charge in [0, 0.05) is 12.7 Å². The fourth-order valence-electron chi connectivity index (χ4n) is 3.11. The van der Waals surface area contributed by atoms with E-state index in [-0.39, 0.29) is 22.0 Å². The summed E-state index contributed by atoms with van der Waals surface area (Å²) in [5, 5.41) is 4.77. The lowest BCUT2D eigenvalue weighted by molar-refractivity contribution is -0.128. The van der Waals surface area contributed by atoms with Gasteiger partial charge >= 0.3 is 12.1 Å². The van der Waals surface area contributed by atoms with Gasteiger partial charge in [0.1, 0.15) is 17.2 Å². The fraction of sp³-hybridized carbons (Fsp3) is 0.318. The average Bonchev–Trinajstić information content (AvgIpc) is 2.80. The molecule has 14 heteroatoms. The van der Waals surface area contributed by atoms with Crippen molar-refractivity contribution in [1.29, 1.82) is 0 Å². The molecule has 0 aliphatic carbocycles. The van der Waals surface area contributed by atoms with Crippen molar-refractivity contribution in [2.75, 3.05) is 23.2 Å². The van der Waals surface area contributed by atoms with Gasteiger partial charge in [0.25, 0.3) is 15.9 Å². The Labute approximate surface area is 207 Å². The molecule has 4 amide bonds. The molecule has 0 unspecified atom stereocenters. The highest BCUT2D eigenvalue weighted by molar-refractivity contribution is 7.92. The molecule has 2 aromatic rings. The molecule has 1 aliphatic rings. The third-order valence-corrected chi connectivity index (χ3v) is 6.49. The maximum Gasteiger partial charge on any atom is 0.412 e. The van der Waals surface area contributed by atoms with Crippen LogP contribution in [0.2, 0.25) is 0 Å². The molecule has 12 nitrogen and oxygen atoms in total. The number of benzene rings is 2. The number of anilines is 2. The van der Waals surface area contributed by atoms with Gasteiger partial charge in [0.2, 0.25) is 0 Å². The molecule has 2 aromatic carbocycles. The van der Waals surface area contributed by atoms with Gasteiger partial charge in [-0.1, -0.05) is 0 Å². The number of urea groups is 1. The predicted octanol–water partition coefficient (Wildman–Crippen LogP) is 2.09. The van der Waals surface area contributed by atoms with Gasteiger partial charge in [-0.2, -0.15) is 0 Å². The second-order valence-corrected chi connectivity index (χ2v) is 10.5. The molecule has 36 heavy (non-hydrogen) atoms. The normalized spacial score (nSPS) is 15.1. The molecule has 3 rings (SSSR count). The van der Waals surface area contributed by atoms with Crippen molar-refractivity contribution in [2.45, 2.75) is 37.4 Å². The van der Waals surface area contributed by atoms with E-state index >= 15 is 0 Å². The van der Waals surface area contributed by atoms with Crippen molar-refractivity contribution >= 4 is 39.4 Å². The Balaban J connectivity index is 1.97. The van der Waals surface area contributed by atoms with E-state index in [9.17, 15) is 27.2 Å². The van der Waals surface area contributed by atoms with Crippen LogP contribution >= 0.6 is 0 Å². The van der Waals surface area contributed by atoms with Crippen LogP contribution in [-0.4, -0.2) is 51.7 Å². The number of hydrazine groups is 1. The highest BCUT2D eigenvalue weighted by Gasteiger charge is 2.38. The van der Waals surface area contributed by atoms with Crippen LogP contribution in [0.1, 0.15) is 20.8 Å². The zero-order valence-electron chi connectivity index (χ0n) is 19.9. The molecule has 0 spiro atoms. The molecule has 0 fully saturated rings. The molecule has 4 N–H and O–H groups in total. The number of fused-ring (bicyclic) bond motifs is 1. The number of sulfonamides is 1. The minimum Gasteiger partial charge on any atom is -0.476 e. The molecule has 1 atom stereocenters. The first-order valence-corrected chi connectivity index (χ1v) is 12.1. The second kappa shape index (κ2) is 10.3. The summed E-state index contributed by atoms with van der Waals surface area (Å²) in [6.07, 6.45) is -2.11. The van der Waals surface area contributed by atoms with E-state index in [4.69, 9.17) is 9.47 Å². The molecule has 0 bridgehead atoms. The fourth-order valence-corrected chi connectivity index (χ4v) is 4.58. The third-order valence-electron chi connectivity index (χ3n) is 4.69. The maximum atomic E-state index is 13.5. The van der Waals surface area contributed by atoms with Crippen LogP contribution in [0.4, 0.5) is 25.4 Å². The van der Waals surface area contributed by atoms with Crippen molar-refractivity contribution in [3.05, 3.63) is 48.3 Å². The number of hydrogen-bond donors (Lipinski definition) is 4. The standard InChI is InChI=1S/C22H26FN5O7S/c1-22(2,3)35-21(31)25-14-7-10-17-16(11-14)28(36(32,33)15-8-5-13(23)6-9-15)12-18(34-17)19(29)26-27-20(30)24-4/h5-11,18H,12H2,1-4H3,(H,25,31)(H,26,29)(H2,24,27,30)/t18-/m1/s1. The Hall–Kier alpha value is -4.07. The summed E-state index contributed by atoms with van der Waals surface area (Å²) in [5.41, 5.74) is 3.70. The minimum absolute atomic E-state index is 0.0155. The van der Waals surface area contributed by atoms with Gasteiger partial charge in [-0.15, -0.1) is 0 Å². The van der Waals surface area contributed by atoms with Crippen LogP contribution in [0, 0.1) is 5.82 Å². The zero-order chi connectivity index (χ0) is 26.7. The summed E-state index contributed by atoms with van der Waals surface area (Å²) in [4.78, 5) is 36.0. The smallest absolute Gasteiger partial charge is 0.412 e. The van der Waals surface area contributed by atoms with Crippen LogP contribution in [0.5, 0.6) is 5.75 Å². The predicted molar refractivity (Wildman–Crippen MR) is 127 cm³/mol. The monoisotopic (exact) mass is 523 g/mol. The van der Waals surface area contributed by atoms with Gasteiger partial charge in [-0.3, -0.25) is 19.8 Å². The lowest BCUT2D eigenvalue weighted by Gasteiger charge is -2.35. The molecule has 0 radical (unpaired) electrons. The van der Waals surface area contributed by atoms with E-state index in [0.717, 1.165) is 28.6 Å². The van der Waals surface area contributed by atoms with E-state index in [1.54, 1.807) is 20.8 Å². The number of carbonyl (C=O) groups excluding carboxylic acids is 3. The number of carbonyl (C=O) groups is 3. The molecule has 0 aromatic heterocycles. The Kier molecular flexibility index (Phi) is 7.57. The summed E-state index contributed by atoms with van der Waals surface area (Å²) in [7, 11) is -2.96. The lowest BCUT2D eigenvalue weighted by Crippen LogP contribution is -2.55. The summed E-state index contributed by atoms with van der Waals surface area (Å²) in [6.45, 7) is 4.58. The molecule has 0 saturated heterocycles. The van der Waals surface area contributed by atoms with Gasteiger partial charge in [0.15, 0.2) is 6.10 Å². The van der Waals surface area contributed by atoms with Crippen LogP contribution in [0.25, 0.3) is 0 Å². The Morgan fingerprint density at radius 3 is 2.36 bits per heavy atom. The average molecular weight is 524 g/mol. The van der Waals surface area contributed by atoms with E-state index < -0.39 is 52.1 Å². The van der Waals surface area contributed by atoms with Gasteiger partial charge in [-0.25, -0.2) is 27.8 Å². The van der Waals surface area contributed by atoms with Gasteiger partial charge < -0.3 is 14.8 Å². The Morgan fingerprint density at radius 1 is 1.08 bits per heavy atom. The zero-order valence-corrected chi connectivity index (χ0v) is 20.7. The van der Waals surface area contributed by atoms with Crippen molar-refractivity contribution in [2.24, 2.45) is 0 Å². The van der Waals surface area contributed by atoms with E-state index in [1.807, 2.05) is 0 Å². The van der Waals surface area contributed by atoms with Crippen molar-refractivity contribution in [3.8, 4) is 5.75 Å². The maximum absolute atomic E-state index is 13.5. The van der Waals surface area contributed by atoms with Crippen LogP contribution in [0.3, 0.4) is 0 Å². The lowest BCUT2D eigenvalue weighted by atomic mass is 10.2. The summed E-state index contributed by atoms with van der Waals surface area (Å²) < 4.78 is 52.2. The molecule has 0 saturated carbocycles. The first-order chi connectivity index (χ1) is 16.8. The van der Waals surface area contributed by atoms with Crippen molar-refractivity contribution in [3.63, 3.8) is 0 Å². The number of halogens is 1. The van der Waals surface area contributed by atoms with Crippen molar-refractivity contribution < 1.29 is 36.7 Å². The van der Waals surface area contributed by atoms with Crippen LogP contribution in [0.15, 0.2) is 47.4 Å². The summed E-state index contributed by atoms with van der Waals surface area (Å²) in [5.74, 6) is -1.43. The van der Waals surface area contributed by atoms with Crippen LogP contribution < -0.4 is 30.5 Å². The number of rotatable bonds is 4. The van der Waals surface area contributed by atoms with Crippen LogP contribution in [-0.2, 0) is 19.6 Å². The van der Waals surface area contributed by atoms with Gasteiger partial charge in [0.05, 0.1) is 17.1 Å². The van der Waals surface area contributed by atoms with Crippen molar-refractivity contribution in [1.82, 2.24) is 16.2 Å². The summed E-state index contributed by atoms with van der Waals surface area (Å²) >= 11 is 0. The molecule has 1 aliphatic heterocycles. The second-order valence-electron chi connectivity index (χ2n) is 8.60. The minimum atomic E-state index is -4.31. The molecular weight excluding hydrogens is 497 g/mol. The largest absolute Gasteiger partial charge is 0.476 e. The first kappa shape index (κ1) is 26.5. The Bertz CT molecular complexity index is 1260. The highest BCUT2D eigenvalue weighted by Crippen LogP contribution is 2.39. The van der Waals surface area contributed by atoms with E-state index in [1.165, 1.54) is 25.2 Å². The summed E-state index contributed by atoms with van der Waals surface area (Å²) in [6, 6.07) is 7.62. The molecule has 1 heterocycles.